The van der Waals surface area contributed by atoms with Gasteiger partial charge in [0.1, 0.15) is 11.8 Å². The van der Waals surface area contributed by atoms with Crippen molar-refractivity contribution in [2.75, 3.05) is 24.2 Å². The summed E-state index contributed by atoms with van der Waals surface area (Å²) in [5.74, 6) is 0.423. The number of ether oxygens (including phenoxy) is 1. The highest BCUT2D eigenvalue weighted by Crippen LogP contribution is 2.22. The maximum atomic E-state index is 13.6. The maximum absolute atomic E-state index is 13.6. The third-order valence-corrected chi connectivity index (χ3v) is 8.24. The Hall–Kier alpha value is -3.07. The summed E-state index contributed by atoms with van der Waals surface area (Å²) in [6.45, 7) is 2.38. The number of nitrogens with one attached hydrogen (secondary N) is 1. The van der Waals surface area contributed by atoms with E-state index in [0.29, 0.717) is 18.5 Å². The number of benzene rings is 2. The molecule has 0 heterocycles. The van der Waals surface area contributed by atoms with Crippen LogP contribution in [0.4, 0.5) is 5.69 Å². The summed E-state index contributed by atoms with van der Waals surface area (Å²) in [4.78, 5) is 28.6. The van der Waals surface area contributed by atoms with Crippen molar-refractivity contribution in [1.82, 2.24) is 10.2 Å². The molecule has 1 fully saturated rings. The van der Waals surface area contributed by atoms with Crippen LogP contribution in [0.15, 0.2) is 54.6 Å². The highest BCUT2D eigenvalue weighted by atomic mass is 32.2. The maximum Gasteiger partial charge on any atom is 0.243 e. The lowest BCUT2D eigenvalue weighted by molar-refractivity contribution is -0.141. The van der Waals surface area contributed by atoms with E-state index in [4.69, 9.17) is 4.74 Å². The van der Waals surface area contributed by atoms with Gasteiger partial charge in [-0.25, -0.2) is 8.42 Å². The second kappa shape index (κ2) is 14.2. The molecule has 1 atom stereocenters. The zero-order valence-corrected chi connectivity index (χ0v) is 23.6. The summed E-state index contributed by atoms with van der Waals surface area (Å²) in [5, 5.41) is 3.18. The van der Waals surface area contributed by atoms with Crippen molar-refractivity contribution >= 4 is 27.5 Å². The van der Waals surface area contributed by atoms with Crippen LogP contribution in [-0.2, 0) is 26.2 Å². The summed E-state index contributed by atoms with van der Waals surface area (Å²) in [6.07, 6.45) is 7.45. The highest BCUT2D eigenvalue weighted by Gasteiger charge is 2.30. The fourth-order valence-corrected chi connectivity index (χ4v) is 5.96. The average molecular weight is 544 g/mol. The molecule has 2 aromatic rings. The average Bonchev–Trinajstić information content (AvgIpc) is 2.91. The number of amides is 2. The van der Waals surface area contributed by atoms with Crippen LogP contribution in [0.25, 0.3) is 0 Å². The van der Waals surface area contributed by atoms with Gasteiger partial charge < -0.3 is 15.0 Å². The molecule has 0 aliphatic heterocycles. The predicted octanol–water partition coefficient (Wildman–Crippen LogP) is 4.50. The van der Waals surface area contributed by atoms with Gasteiger partial charge in [0.2, 0.25) is 21.8 Å². The first kappa shape index (κ1) is 29.5. The van der Waals surface area contributed by atoms with Crippen LogP contribution >= 0.6 is 0 Å². The number of para-hydroxylation sites is 1. The van der Waals surface area contributed by atoms with E-state index >= 15 is 0 Å². The third-order valence-electron chi connectivity index (χ3n) is 7.05. The molecular formula is C29H41N3O5S. The van der Waals surface area contributed by atoms with Gasteiger partial charge in [-0.1, -0.05) is 56.5 Å². The first-order valence-corrected chi connectivity index (χ1v) is 15.3. The Kier molecular flexibility index (Phi) is 11.0. The molecule has 0 unspecified atom stereocenters. The lowest BCUT2D eigenvalue weighted by Crippen LogP contribution is -2.51. The number of methoxy groups -OCH3 is 1. The quantitative estimate of drug-likeness (QED) is 0.401. The second-order valence-electron chi connectivity index (χ2n) is 9.91. The standard InChI is InChI=1S/C29H41N3O5S/c1-4-27(29(34)30-24-12-7-5-8-13-24)31(22-23-17-19-26(37-2)20-18-23)28(33)16-11-21-32(38(3,35)36)25-14-9-6-10-15-25/h6,9-10,14-15,17-20,24,27H,4-5,7-8,11-13,16,21-22H2,1-3H3,(H,30,34)/t27-/m0/s1. The van der Waals surface area contributed by atoms with E-state index in [-0.39, 0.29) is 37.4 Å². The molecular weight excluding hydrogens is 502 g/mol. The Morgan fingerprint density at radius 3 is 2.26 bits per heavy atom. The minimum absolute atomic E-state index is 0.122. The molecule has 38 heavy (non-hydrogen) atoms. The van der Waals surface area contributed by atoms with Crippen molar-refractivity contribution in [3.63, 3.8) is 0 Å². The Bertz CT molecular complexity index is 1130. The molecule has 2 amide bonds. The van der Waals surface area contributed by atoms with Crippen molar-refractivity contribution in [1.29, 1.82) is 0 Å². The van der Waals surface area contributed by atoms with E-state index in [1.165, 1.54) is 17.0 Å². The van der Waals surface area contributed by atoms with E-state index in [0.717, 1.165) is 37.0 Å². The molecule has 8 nitrogen and oxygen atoms in total. The molecule has 0 bridgehead atoms. The Morgan fingerprint density at radius 1 is 1.03 bits per heavy atom. The Balaban J connectivity index is 1.75. The minimum atomic E-state index is -3.51. The predicted molar refractivity (Wildman–Crippen MR) is 151 cm³/mol. The van der Waals surface area contributed by atoms with Crippen molar-refractivity contribution in [3.8, 4) is 5.75 Å². The lowest BCUT2D eigenvalue weighted by atomic mass is 9.95. The second-order valence-corrected chi connectivity index (χ2v) is 11.8. The van der Waals surface area contributed by atoms with Gasteiger partial charge in [-0.3, -0.25) is 13.9 Å². The molecule has 3 rings (SSSR count). The third kappa shape index (κ3) is 8.48. The van der Waals surface area contributed by atoms with Crippen LogP contribution in [0.1, 0.15) is 63.9 Å². The molecule has 0 spiro atoms. The molecule has 208 valence electrons. The van der Waals surface area contributed by atoms with Gasteiger partial charge in [0.25, 0.3) is 0 Å². The van der Waals surface area contributed by atoms with E-state index < -0.39 is 16.1 Å². The number of carbonyl (C=O) groups excluding carboxylic acids is 2. The van der Waals surface area contributed by atoms with Crippen molar-refractivity contribution in [2.24, 2.45) is 0 Å². The van der Waals surface area contributed by atoms with Crippen LogP contribution in [0.3, 0.4) is 0 Å². The largest absolute Gasteiger partial charge is 0.497 e. The van der Waals surface area contributed by atoms with Gasteiger partial charge in [0.05, 0.1) is 19.1 Å². The zero-order valence-electron chi connectivity index (χ0n) is 22.8. The fraction of sp³-hybridized carbons (Fsp3) is 0.517. The molecule has 0 saturated heterocycles. The topological polar surface area (TPSA) is 96.0 Å². The Morgan fingerprint density at radius 2 is 1.68 bits per heavy atom. The summed E-state index contributed by atoms with van der Waals surface area (Å²) in [5.41, 5.74) is 1.46. The fourth-order valence-electron chi connectivity index (χ4n) is 4.99. The van der Waals surface area contributed by atoms with Gasteiger partial charge in [0.15, 0.2) is 0 Å². The van der Waals surface area contributed by atoms with Crippen LogP contribution in [0.2, 0.25) is 0 Å². The smallest absolute Gasteiger partial charge is 0.243 e. The van der Waals surface area contributed by atoms with Crippen molar-refractivity contribution in [2.45, 2.75) is 76.9 Å². The van der Waals surface area contributed by atoms with Gasteiger partial charge >= 0.3 is 0 Å². The summed E-state index contributed by atoms with van der Waals surface area (Å²) < 4.78 is 31.4. The van der Waals surface area contributed by atoms with Crippen LogP contribution in [0, 0.1) is 0 Å². The van der Waals surface area contributed by atoms with Crippen LogP contribution < -0.4 is 14.4 Å². The number of hydrogen-bond donors (Lipinski definition) is 1. The highest BCUT2D eigenvalue weighted by molar-refractivity contribution is 7.92. The number of nitrogens with zero attached hydrogens (tertiary/aromatic N) is 2. The van der Waals surface area contributed by atoms with Gasteiger partial charge in [-0.05, 0) is 55.5 Å². The molecule has 1 N–H and O–H groups in total. The number of sulfonamides is 1. The first-order chi connectivity index (χ1) is 18.2. The first-order valence-electron chi connectivity index (χ1n) is 13.5. The number of rotatable bonds is 13. The van der Waals surface area contributed by atoms with Gasteiger partial charge in [-0.15, -0.1) is 0 Å². The normalized spacial score (nSPS) is 14.9. The molecule has 9 heteroatoms. The molecule has 1 saturated carbocycles. The van der Waals surface area contributed by atoms with E-state index in [2.05, 4.69) is 5.32 Å². The van der Waals surface area contributed by atoms with E-state index in [1.807, 2.05) is 37.3 Å². The van der Waals surface area contributed by atoms with E-state index in [1.54, 1.807) is 36.3 Å². The summed E-state index contributed by atoms with van der Waals surface area (Å²) in [7, 11) is -1.91. The van der Waals surface area contributed by atoms with Gasteiger partial charge in [0, 0.05) is 25.6 Å². The number of carbonyl (C=O) groups is 2. The Labute approximate surface area is 227 Å². The molecule has 1 aliphatic carbocycles. The summed E-state index contributed by atoms with van der Waals surface area (Å²) >= 11 is 0. The lowest BCUT2D eigenvalue weighted by Gasteiger charge is -2.33. The molecule has 1 aliphatic rings. The van der Waals surface area contributed by atoms with Crippen LogP contribution in [-0.4, -0.2) is 57.1 Å². The number of hydrogen-bond acceptors (Lipinski definition) is 5. The SMILES string of the molecule is CC[C@@H](C(=O)NC1CCCCC1)N(Cc1ccc(OC)cc1)C(=O)CCCN(c1ccccc1)S(C)(=O)=O. The molecule has 0 radical (unpaired) electrons. The monoisotopic (exact) mass is 543 g/mol. The van der Waals surface area contributed by atoms with E-state index in [9.17, 15) is 18.0 Å². The van der Waals surface area contributed by atoms with Crippen molar-refractivity contribution in [3.05, 3.63) is 60.2 Å². The summed E-state index contributed by atoms with van der Waals surface area (Å²) in [6, 6.07) is 15.9. The molecule has 0 aromatic heterocycles. The zero-order chi connectivity index (χ0) is 27.5. The number of anilines is 1. The van der Waals surface area contributed by atoms with Crippen molar-refractivity contribution < 1.29 is 22.7 Å². The van der Waals surface area contributed by atoms with Crippen LogP contribution in [0.5, 0.6) is 5.75 Å². The van der Waals surface area contributed by atoms with Gasteiger partial charge in [-0.2, -0.15) is 0 Å². The minimum Gasteiger partial charge on any atom is -0.497 e. The molecule has 2 aromatic carbocycles.